The number of carbonyl (C=O) groups is 1. The molecule has 5 nitrogen and oxygen atoms in total. The standard InChI is InChI=1S/C21H19ClFN3O2/c1-3-26-10-9-13-7-8-14(11-17(13)26)24-21(27)18-12(2)28-25-20(18)19-15(22)5-4-6-16(19)23/h4-8,11H,3,9-10H2,1-2H3,(H,24,27). The van der Waals surface area contributed by atoms with Crippen LogP contribution >= 0.6 is 11.6 Å². The van der Waals surface area contributed by atoms with E-state index in [0.29, 0.717) is 11.4 Å². The third kappa shape index (κ3) is 3.14. The summed E-state index contributed by atoms with van der Waals surface area (Å²) in [5, 5.41) is 6.93. The largest absolute Gasteiger partial charge is 0.371 e. The summed E-state index contributed by atoms with van der Waals surface area (Å²) < 4.78 is 19.5. The minimum atomic E-state index is -0.564. The Kier molecular flexibility index (Phi) is 4.81. The predicted octanol–water partition coefficient (Wildman–Crippen LogP) is 5.08. The van der Waals surface area contributed by atoms with Gasteiger partial charge >= 0.3 is 0 Å². The number of anilines is 2. The van der Waals surface area contributed by atoms with Crippen LogP contribution in [-0.4, -0.2) is 24.2 Å². The number of aryl methyl sites for hydroxylation is 1. The maximum absolute atomic E-state index is 14.3. The van der Waals surface area contributed by atoms with E-state index in [-0.39, 0.29) is 21.8 Å². The van der Waals surface area contributed by atoms with Crippen molar-refractivity contribution in [3.8, 4) is 11.3 Å². The Balaban J connectivity index is 1.68. The summed E-state index contributed by atoms with van der Waals surface area (Å²) in [5.74, 6) is -0.691. The summed E-state index contributed by atoms with van der Waals surface area (Å²) >= 11 is 6.15. The van der Waals surface area contributed by atoms with Crippen molar-refractivity contribution < 1.29 is 13.7 Å². The number of carbonyl (C=O) groups excluding carboxylic acids is 1. The van der Waals surface area contributed by atoms with Gasteiger partial charge in [-0.15, -0.1) is 0 Å². The van der Waals surface area contributed by atoms with Gasteiger partial charge in [-0.05, 0) is 50.1 Å². The fourth-order valence-electron chi connectivity index (χ4n) is 3.58. The summed E-state index contributed by atoms with van der Waals surface area (Å²) in [6.45, 7) is 5.60. The van der Waals surface area contributed by atoms with E-state index in [4.69, 9.17) is 16.1 Å². The number of nitrogens with zero attached hydrogens (tertiary/aromatic N) is 2. The number of hydrogen-bond acceptors (Lipinski definition) is 4. The first-order valence-corrected chi connectivity index (χ1v) is 9.47. The van der Waals surface area contributed by atoms with Crippen molar-refractivity contribution in [3.05, 3.63) is 64.1 Å². The lowest BCUT2D eigenvalue weighted by atomic mass is 10.0. The van der Waals surface area contributed by atoms with E-state index in [2.05, 4.69) is 22.3 Å². The zero-order valence-electron chi connectivity index (χ0n) is 15.6. The lowest BCUT2D eigenvalue weighted by Crippen LogP contribution is -2.19. The van der Waals surface area contributed by atoms with E-state index in [1.807, 2.05) is 18.2 Å². The lowest BCUT2D eigenvalue weighted by Gasteiger charge is -2.17. The molecule has 3 aromatic rings. The first kappa shape index (κ1) is 18.5. The van der Waals surface area contributed by atoms with E-state index in [9.17, 15) is 9.18 Å². The van der Waals surface area contributed by atoms with Crippen LogP contribution in [0.15, 0.2) is 40.9 Å². The van der Waals surface area contributed by atoms with Crippen molar-refractivity contribution in [3.63, 3.8) is 0 Å². The van der Waals surface area contributed by atoms with Crippen LogP contribution < -0.4 is 10.2 Å². The van der Waals surface area contributed by atoms with Crippen molar-refractivity contribution in [1.82, 2.24) is 5.16 Å². The summed E-state index contributed by atoms with van der Waals surface area (Å²) in [5.41, 5.74) is 3.36. The van der Waals surface area contributed by atoms with Gasteiger partial charge in [0.2, 0.25) is 0 Å². The van der Waals surface area contributed by atoms with Crippen LogP contribution in [0.1, 0.15) is 28.6 Å². The molecule has 0 saturated heterocycles. The number of halogens is 2. The molecule has 0 unspecified atom stereocenters. The second-order valence-electron chi connectivity index (χ2n) is 6.69. The van der Waals surface area contributed by atoms with Gasteiger partial charge in [0, 0.05) is 24.5 Å². The van der Waals surface area contributed by atoms with Crippen molar-refractivity contribution >= 4 is 28.9 Å². The van der Waals surface area contributed by atoms with Gasteiger partial charge in [0.25, 0.3) is 5.91 Å². The number of likely N-dealkylation sites (N-methyl/N-ethyl adjacent to an activating group) is 1. The Hall–Kier alpha value is -2.86. The zero-order valence-corrected chi connectivity index (χ0v) is 16.3. The minimum Gasteiger partial charge on any atom is -0.371 e. The number of nitrogens with one attached hydrogen (secondary N) is 1. The summed E-state index contributed by atoms with van der Waals surface area (Å²) in [6.07, 6.45) is 0.998. The van der Waals surface area contributed by atoms with E-state index >= 15 is 0 Å². The van der Waals surface area contributed by atoms with Gasteiger partial charge < -0.3 is 14.7 Å². The number of benzene rings is 2. The SMILES string of the molecule is CCN1CCc2ccc(NC(=O)c3c(-c4c(F)cccc4Cl)noc3C)cc21. The number of amides is 1. The van der Waals surface area contributed by atoms with E-state index < -0.39 is 11.7 Å². The van der Waals surface area contributed by atoms with Crippen LogP contribution in [-0.2, 0) is 6.42 Å². The second-order valence-corrected chi connectivity index (χ2v) is 7.09. The Morgan fingerprint density at radius 3 is 2.93 bits per heavy atom. The molecule has 0 bridgehead atoms. The van der Waals surface area contributed by atoms with Gasteiger partial charge in [-0.3, -0.25) is 4.79 Å². The van der Waals surface area contributed by atoms with Crippen LogP contribution in [0, 0.1) is 12.7 Å². The fraction of sp³-hybridized carbons (Fsp3) is 0.238. The van der Waals surface area contributed by atoms with Gasteiger partial charge in [-0.2, -0.15) is 0 Å². The molecular weight excluding hydrogens is 381 g/mol. The minimum absolute atomic E-state index is 0.0530. The topological polar surface area (TPSA) is 58.4 Å². The van der Waals surface area contributed by atoms with Gasteiger partial charge in [-0.1, -0.05) is 28.9 Å². The van der Waals surface area contributed by atoms with Gasteiger partial charge in [0.1, 0.15) is 22.8 Å². The average molecular weight is 400 g/mol. The highest BCUT2D eigenvalue weighted by Gasteiger charge is 2.26. The Bertz CT molecular complexity index is 1040. The number of aromatic nitrogens is 1. The van der Waals surface area contributed by atoms with Gasteiger partial charge in [-0.25, -0.2) is 4.39 Å². The monoisotopic (exact) mass is 399 g/mol. The highest BCUT2D eigenvalue weighted by molar-refractivity contribution is 6.33. The normalized spacial score (nSPS) is 12.9. The van der Waals surface area contributed by atoms with Gasteiger partial charge in [0.05, 0.1) is 10.6 Å². The molecule has 0 saturated carbocycles. The maximum Gasteiger partial charge on any atom is 0.261 e. The maximum atomic E-state index is 14.3. The number of rotatable bonds is 4. The Labute approximate surface area is 167 Å². The Morgan fingerprint density at radius 2 is 2.18 bits per heavy atom. The van der Waals surface area contributed by atoms with Crippen LogP contribution in [0.5, 0.6) is 0 Å². The molecule has 1 N–H and O–H groups in total. The first-order chi connectivity index (χ1) is 13.5. The molecule has 1 amide bonds. The third-order valence-electron chi connectivity index (χ3n) is 5.01. The molecular formula is C21H19ClFN3O2. The molecule has 7 heteroatoms. The molecule has 2 aromatic carbocycles. The predicted molar refractivity (Wildman–Crippen MR) is 108 cm³/mol. The second kappa shape index (κ2) is 7.28. The Morgan fingerprint density at radius 1 is 1.36 bits per heavy atom. The highest BCUT2D eigenvalue weighted by atomic mass is 35.5. The van der Waals surface area contributed by atoms with E-state index in [1.54, 1.807) is 13.0 Å². The van der Waals surface area contributed by atoms with Crippen LogP contribution in [0.2, 0.25) is 5.02 Å². The number of hydrogen-bond donors (Lipinski definition) is 1. The molecule has 144 valence electrons. The zero-order chi connectivity index (χ0) is 19.8. The molecule has 1 aliphatic rings. The lowest BCUT2D eigenvalue weighted by molar-refractivity contribution is 0.102. The molecule has 0 fully saturated rings. The molecule has 0 aliphatic carbocycles. The summed E-state index contributed by atoms with van der Waals surface area (Å²) in [7, 11) is 0. The quantitative estimate of drug-likeness (QED) is 0.664. The summed E-state index contributed by atoms with van der Waals surface area (Å²) in [4.78, 5) is 15.2. The fourth-order valence-corrected chi connectivity index (χ4v) is 3.83. The molecule has 4 rings (SSSR count). The van der Waals surface area contributed by atoms with Crippen molar-refractivity contribution in [2.45, 2.75) is 20.3 Å². The molecule has 0 spiro atoms. The number of fused-ring (bicyclic) bond motifs is 1. The van der Waals surface area contributed by atoms with E-state index in [0.717, 1.165) is 25.2 Å². The van der Waals surface area contributed by atoms with Crippen LogP contribution in [0.3, 0.4) is 0 Å². The molecule has 2 heterocycles. The average Bonchev–Trinajstić information content (AvgIpc) is 3.24. The third-order valence-corrected chi connectivity index (χ3v) is 5.32. The first-order valence-electron chi connectivity index (χ1n) is 9.09. The highest BCUT2D eigenvalue weighted by Crippen LogP contribution is 2.35. The molecule has 0 radical (unpaired) electrons. The van der Waals surface area contributed by atoms with Gasteiger partial charge in [0.15, 0.2) is 0 Å². The van der Waals surface area contributed by atoms with Crippen LogP contribution in [0.25, 0.3) is 11.3 Å². The molecule has 28 heavy (non-hydrogen) atoms. The van der Waals surface area contributed by atoms with Crippen molar-refractivity contribution in [1.29, 1.82) is 0 Å². The molecule has 1 aromatic heterocycles. The van der Waals surface area contributed by atoms with Crippen LogP contribution in [0.4, 0.5) is 15.8 Å². The van der Waals surface area contributed by atoms with E-state index in [1.165, 1.54) is 17.7 Å². The summed E-state index contributed by atoms with van der Waals surface area (Å²) in [6, 6.07) is 10.2. The van der Waals surface area contributed by atoms with Crippen molar-refractivity contribution in [2.75, 3.05) is 23.3 Å². The smallest absolute Gasteiger partial charge is 0.261 e. The molecule has 0 atom stereocenters. The van der Waals surface area contributed by atoms with Crippen molar-refractivity contribution in [2.24, 2.45) is 0 Å². The molecule has 1 aliphatic heterocycles.